The predicted octanol–water partition coefficient (Wildman–Crippen LogP) is 4.30. The van der Waals surface area contributed by atoms with Crippen LogP contribution in [-0.2, 0) is 0 Å². The first-order chi connectivity index (χ1) is 11.3. The van der Waals surface area contributed by atoms with Crippen LogP contribution < -0.4 is 0 Å². The number of hydrogen-bond acceptors (Lipinski definition) is 4. The summed E-state index contributed by atoms with van der Waals surface area (Å²) in [7, 11) is 0. The van der Waals surface area contributed by atoms with E-state index in [0.29, 0.717) is 11.4 Å². The van der Waals surface area contributed by atoms with Gasteiger partial charge in [0.25, 0.3) is 0 Å². The number of nitriles is 1. The minimum Gasteiger partial charge on any atom is -0.216 e. The maximum absolute atomic E-state index is 9.54. The van der Waals surface area contributed by atoms with Gasteiger partial charge in [-0.05, 0) is 6.92 Å². The summed E-state index contributed by atoms with van der Waals surface area (Å²) in [5.74, 6) is 0. The van der Waals surface area contributed by atoms with Crippen LogP contribution in [0.25, 0.3) is 26.8 Å². The number of hydrogen-bond donors (Lipinski definition) is 0. The van der Waals surface area contributed by atoms with E-state index in [9.17, 15) is 5.26 Å². The lowest BCUT2D eigenvalue weighted by atomic mass is 10.1. The Morgan fingerprint density at radius 2 is 1.74 bits per heavy atom. The third-order valence-electron chi connectivity index (χ3n) is 3.66. The second-order valence-electron chi connectivity index (χ2n) is 5.25. The number of rotatable bonds is 2. The van der Waals surface area contributed by atoms with Gasteiger partial charge in [-0.15, -0.1) is 0 Å². The molecule has 0 aliphatic heterocycles. The molecular formula is C18H12N4S. The molecule has 2 aromatic heterocycles. The second-order valence-corrected chi connectivity index (χ2v) is 6.21. The van der Waals surface area contributed by atoms with Gasteiger partial charge in [-0.2, -0.15) is 14.9 Å². The van der Waals surface area contributed by atoms with E-state index in [0.717, 1.165) is 21.1 Å². The maximum atomic E-state index is 9.54. The molecule has 4 rings (SSSR count). The molecule has 0 unspecified atom stereocenters. The number of aryl methyl sites for hydroxylation is 1. The highest BCUT2D eigenvalue weighted by atomic mass is 32.1. The third-order valence-corrected chi connectivity index (χ3v) is 4.61. The van der Waals surface area contributed by atoms with Crippen LogP contribution in [-0.4, -0.2) is 14.6 Å². The number of aromatic nitrogens is 3. The molecule has 0 saturated carbocycles. The lowest BCUT2D eigenvalue weighted by Crippen LogP contribution is -1.91. The van der Waals surface area contributed by atoms with Crippen molar-refractivity contribution in [1.29, 1.82) is 5.26 Å². The van der Waals surface area contributed by atoms with Crippen LogP contribution in [0.5, 0.6) is 0 Å². The smallest absolute Gasteiger partial charge is 0.214 e. The van der Waals surface area contributed by atoms with E-state index in [4.69, 9.17) is 0 Å². The Bertz CT molecular complexity index is 1020. The zero-order chi connectivity index (χ0) is 15.8. The molecule has 23 heavy (non-hydrogen) atoms. The van der Waals surface area contributed by atoms with E-state index >= 15 is 0 Å². The highest BCUT2D eigenvalue weighted by Crippen LogP contribution is 2.30. The van der Waals surface area contributed by atoms with Crippen LogP contribution in [0.1, 0.15) is 11.3 Å². The molecule has 5 heteroatoms. The molecule has 0 atom stereocenters. The zero-order valence-corrected chi connectivity index (χ0v) is 13.2. The highest BCUT2D eigenvalue weighted by Gasteiger charge is 2.18. The van der Waals surface area contributed by atoms with Crippen molar-refractivity contribution in [2.24, 2.45) is 0 Å². The first-order valence-corrected chi connectivity index (χ1v) is 8.00. The van der Waals surface area contributed by atoms with Gasteiger partial charge in [-0.25, -0.2) is 4.98 Å². The van der Waals surface area contributed by atoms with Crippen molar-refractivity contribution in [3.05, 3.63) is 65.9 Å². The monoisotopic (exact) mass is 316 g/mol. The van der Waals surface area contributed by atoms with Crippen molar-refractivity contribution >= 4 is 16.3 Å². The van der Waals surface area contributed by atoms with Crippen molar-refractivity contribution in [3.8, 4) is 27.9 Å². The number of fused-ring (bicyclic) bond motifs is 1. The van der Waals surface area contributed by atoms with Crippen LogP contribution in [0, 0.1) is 18.3 Å². The Labute approximate surface area is 137 Å². The van der Waals surface area contributed by atoms with Crippen molar-refractivity contribution in [2.75, 3.05) is 0 Å². The molecule has 4 aromatic rings. The molecule has 0 spiro atoms. The molecule has 2 heterocycles. The van der Waals surface area contributed by atoms with E-state index < -0.39 is 0 Å². The number of nitrogens with zero attached hydrogens (tertiary/aromatic N) is 4. The van der Waals surface area contributed by atoms with Crippen LogP contribution in [0.3, 0.4) is 0 Å². The lowest BCUT2D eigenvalue weighted by Gasteiger charge is -1.97. The molecule has 0 radical (unpaired) electrons. The van der Waals surface area contributed by atoms with E-state index in [1.54, 1.807) is 4.52 Å². The first-order valence-electron chi connectivity index (χ1n) is 7.18. The SMILES string of the molecule is Cc1ccc(-c2nn3c(C#N)c(-c4ccccc4)nc3s2)cc1. The van der Waals surface area contributed by atoms with Gasteiger partial charge in [0.1, 0.15) is 16.8 Å². The molecule has 110 valence electrons. The summed E-state index contributed by atoms with van der Waals surface area (Å²) in [4.78, 5) is 5.35. The molecule has 2 aromatic carbocycles. The fraction of sp³-hybridized carbons (Fsp3) is 0.0556. The van der Waals surface area contributed by atoms with Crippen molar-refractivity contribution in [3.63, 3.8) is 0 Å². The molecule has 4 nitrogen and oxygen atoms in total. The summed E-state index contributed by atoms with van der Waals surface area (Å²) in [5.41, 5.74) is 4.33. The zero-order valence-electron chi connectivity index (χ0n) is 12.4. The molecule has 0 amide bonds. The molecule has 0 fully saturated rings. The highest BCUT2D eigenvalue weighted by molar-refractivity contribution is 7.19. The van der Waals surface area contributed by atoms with E-state index in [2.05, 4.69) is 35.2 Å². The Balaban J connectivity index is 1.87. The van der Waals surface area contributed by atoms with E-state index in [1.165, 1.54) is 16.9 Å². The number of imidazole rings is 1. The normalized spacial score (nSPS) is 10.8. The minimum absolute atomic E-state index is 0.473. The average Bonchev–Trinajstić information content (AvgIpc) is 3.13. The summed E-state index contributed by atoms with van der Waals surface area (Å²) < 4.78 is 1.64. The van der Waals surface area contributed by atoms with Gasteiger partial charge in [0.15, 0.2) is 5.69 Å². The van der Waals surface area contributed by atoms with Crippen molar-refractivity contribution in [1.82, 2.24) is 14.6 Å². The molecular weight excluding hydrogens is 304 g/mol. The first kappa shape index (κ1) is 13.7. The van der Waals surface area contributed by atoms with Gasteiger partial charge in [-0.3, -0.25) is 0 Å². The predicted molar refractivity (Wildman–Crippen MR) is 91.2 cm³/mol. The van der Waals surface area contributed by atoms with Gasteiger partial charge in [0.2, 0.25) is 4.96 Å². The van der Waals surface area contributed by atoms with Gasteiger partial charge < -0.3 is 0 Å². The third kappa shape index (κ3) is 2.30. The maximum Gasteiger partial charge on any atom is 0.214 e. The summed E-state index contributed by atoms with van der Waals surface area (Å²) in [6.45, 7) is 2.05. The van der Waals surface area contributed by atoms with Crippen LogP contribution in [0.15, 0.2) is 54.6 Å². The van der Waals surface area contributed by atoms with Gasteiger partial charge in [0.05, 0.1) is 0 Å². The molecule has 0 aliphatic carbocycles. The summed E-state index contributed by atoms with van der Waals surface area (Å²) in [5, 5.41) is 15.0. The fourth-order valence-electron chi connectivity index (χ4n) is 2.46. The minimum atomic E-state index is 0.473. The van der Waals surface area contributed by atoms with Crippen LogP contribution >= 0.6 is 11.3 Å². The fourth-order valence-corrected chi connectivity index (χ4v) is 3.36. The second kappa shape index (κ2) is 5.34. The largest absolute Gasteiger partial charge is 0.216 e. The van der Waals surface area contributed by atoms with Gasteiger partial charge >= 0.3 is 0 Å². The lowest BCUT2D eigenvalue weighted by molar-refractivity contribution is 0.960. The van der Waals surface area contributed by atoms with Crippen molar-refractivity contribution in [2.45, 2.75) is 6.92 Å². The summed E-state index contributed by atoms with van der Waals surface area (Å²) >= 11 is 1.49. The molecule has 0 saturated heterocycles. The summed E-state index contributed by atoms with van der Waals surface area (Å²) in [6, 6.07) is 20.2. The molecule has 0 N–H and O–H groups in total. The standard InChI is InChI=1S/C18H12N4S/c1-12-7-9-14(10-8-12)17-21-22-15(11-19)16(20-18(22)23-17)13-5-3-2-4-6-13/h2-10H,1H3. The Kier molecular flexibility index (Phi) is 3.18. The summed E-state index contributed by atoms with van der Waals surface area (Å²) in [6.07, 6.45) is 0. The number of benzene rings is 2. The molecule has 0 bridgehead atoms. The van der Waals surface area contributed by atoms with Crippen LogP contribution in [0.4, 0.5) is 0 Å². The van der Waals surface area contributed by atoms with Gasteiger partial charge in [-0.1, -0.05) is 71.5 Å². The Morgan fingerprint density at radius 1 is 1.00 bits per heavy atom. The Hall–Kier alpha value is -2.97. The van der Waals surface area contributed by atoms with Crippen LogP contribution in [0.2, 0.25) is 0 Å². The van der Waals surface area contributed by atoms with E-state index in [1.807, 2.05) is 42.5 Å². The Morgan fingerprint density at radius 3 is 2.43 bits per heavy atom. The molecule has 0 aliphatic rings. The quantitative estimate of drug-likeness (QED) is 0.554. The van der Waals surface area contributed by atoms with Crippen molar-refractivity contribution < 1.29 is 0 Å². The van der Waals surface area contributed by atoms with Gasteiger partial charge in [0, 0.05) is 11.1 Å². The topological polar surface area (TPSA) is 54.0 Å². The average molecular weight is 316 g/mol. The van der Waals surface area contributed by atoms with E-state index in [-0.39, 0.29) is 0 Å².